The predicted octanol–water partition coefficient (Wildman–Crippen LogP) is 9.18. The van der Waals surface area contributed by atoms with Crippen molar-refractivity contribution in [2.75, 3.05) is 26.2 Å². The Morgan fingerprint density at radius 2 is 1.33 bits per heavy atom. The molecule has 0 aliphatic rings. The Bertz CT molecular complexity index is 628. The second-order valence-corrected chi connectivity index (χ2v) is 10.7. The van der Waals surface area contributed by atoms with E-state index in [1.807, 2.05) is 13.8 Å². The van der Waals surface area contributed by atoms with Crippen LogP contribution in [-0.4, -0.2) is 55.5 Å². The summed E-state index contributed by atoms with van der Waals surface area (Å²) in [5.74, 6) is -0.247. The predicted molar refractivity (Wildman–Crippen MR) is 163 cm³/mol. The summed E-state index contributed by atoms with van der Waals surface area (Å²) in [5.41, 5.74) is 0. The highest BCUT2D eigenvalue weighted by Gasteiger charge is 2.18. The molecule has 6 heteroatoms. The summed E-state index contributed by atoms with van der Waals surface area (Å²) in [6.07, 6.45) is 24.7. The van der Waals surface area contributed by atoms with E-state index in [4.69, 9.17) is 14.2 Å². The number of unbranched alkanes of at least 4 members (excludes halogenated alkanes) is 9. The van der Waals surface area contributed by atoms with Gasteiger partial charge in [-0.3, -0.25) is 4.79 Å². The van der Waals surface area contributed by atoms with Crippen molar-refractivity contribution in [2.45, 2.75) is 150 Å². The first-order valence-electron chi connectivity index (χ1n) is 16.0. The molecular formula is C33H61NO5. The molecule has 0 spiro atoms. The van der Waals surface area contributed by atoms with Crippen LogP contribution in [0, 0.1) is 0 Å². The molecule has 0 aromatic carbocycles. The molecule has 0 aliphatic heterocycles. The van der Waals surface area contributed by atoms with Crippen LogP contribution in [0.3, 0.4) is 0 Å². The molecule has 0 radical (unpaired) electrons. The van der Waals surface area contributed by atoms with Gasteiger partial charge in [-0.15, -0.1) is 0 Å². The molecule has 0 heterocycles. The first-order valence-corrected chi connectivity index (χ1v) is 16.0. The van der Waals surface area contributed by atoms with Gasteiger partial charge in [-0.05, 0) is 84.7 Å². The van der Waals surface area contributed by atoms with Crippen LogP contribution in [0.25, 0.3) is 0 Å². The van der Waals surface area contributed by atoms with Gasteiger partial charge in [-0.25, -0.2) is 4.79 Å². The Kier molecular flexibility index (Phi) is 26.4. The van der Waals surface area contributed by atoms with Crippen molar-refractivity contribution < 1.29 is 23.8 Å². The van der Waals surface area contributed by atoms with Crippen LogP contribution in [0.5, 0.6) is 0 Å². The van der Waals surface area contributed by atoms with Gasteiger partial charge >= 0.3 is 12.1 Å². The molecule has 0 aliphatic carbocycles. The van der Waals surface area contributed by atoms with Crippen molar-refractivity contribution in [2.24, 2.45) is 0 Å². The lowest BCUT2D eigenvalue weighted by atomic mass is 10.0. The largest absolute Gasteiger partial charge is 0.508 e. The van der Waals surface area contributed by atoms with Crippen molar-refractivity contribution >= 4 is 12.1 Å². The second-order valence-electron chi connectivity index (χ2n) is 10.7. The van der Waals surface area contributed by atoms with E-state index in [9.17, 15) is 9.59 Å². The molecule has 1 unspecified atom stereocenters. The summed E-state index contributed by atoms with van der Waals surface area (Å²) in [6.45, 7) is 13.4. The molecule has 0 rings (SSSR count). The van der Waals surface area contributed by atoms with Crippen LogP contribution in [-0.2, 0) is 19.0 Å². The molecule has 1 atom stereocenters. The number of ether oxygens (including phenoxy) is 3. The Morgan fingerprint density at radius 1 is 0.718 bits per heavy atom. The maximum Gasteiger partial charge on any atom is 0.508 e. The molecule has 0 aromatic heterocycles. The number of allylic oxidation sites excluding steroid dienone is 4. The van der Waals surface area contributed by atoms with Gasteiger partial charge in [-0.1, -0.05) is 83.6 Å². The lowest BCUT2D eigenvalue weighted by Gasteiger charge is -2.19. The van der Waals surface area contributed by atoms with Gasteiger partial charge in [0.05, 0.1) is 12.7 Å². The smallest absolute Gasteiger partial charge is 0.463 e. The van der Waals surface area contributed by atoms with E-state index in [0.29, 0.717) is 13.0 Å². The third-order valence-electron chi connectivity index (χ3n) is 6.76. The van der Waals surface area contributed by atoms with Crippen molar-refractivity contribution in [3.05, 3.63) is 24.3 Å². The Labute approximate surface area is 240 Å². The molecule has 0 saturated carbocycles. The zero-order valence-corrected chi connectivity index (χ0v) is 26.1. The van der Waals surface area contributed by atoms with E-state index >= 15 is 0 Å². The first-order chi connectivity index (χ1) is 18.9. The lowest BCUT2D eigenvalue weighted by Crippen LogP contribution is -2.26. The van der Waals surface area contributed by atoms with Gasteiger partial charge < -0.3 is 19.1 Å². The first kappa shape index (κ1) is 37.2. The number of carbonyl (C=O) groups excluding carboxylic acids is 2. The van der Waals surface area contributed by atoms with Crippen molar-refractivity contribution in [1.29, 1.82) is 0 Å². The monoisotopic (exact) mass is 551 g/mol. The Morgan fingerprint density at radius 3 is 1.95 bits per heavy atom. The van der Waals surface area contributed by atoms with Gasteiger partial charge in [0.2, 0.25) is 0 Å². The van der Waals surface area contributed by atoms with Gasteiger partial charge in [0.1, 0.15) is 6.10 Å². The van der Waals surface area contributed by atoms with E-state index < -0.39 is 6.16 Å². The Hall–Kier alpha value is -1.82. The summed E-state index contributed by atoms with van der Waals surface area (Å²) in [4.78, 5) is 26.5. The second kappa shape index (κ2) is 27.7. The quantitative estimate of drug-likeness (QED) is 0.0606. The highest BCUT2D eigenvalue weighted by molar-refractivity contribution is 5.69. The van der Waals surface area contributed by atoms with Crippen LogP contribution < -0.4 is 0 Å². The van der Waals surface area contributed by atoms with Gasteiger partial charge in [0.25, 0.3) is 0 Å². The lowest BCUT2D eigenvalue weighted by molar-refractivity contribution is -0.148. The zero-order valence-electron chi connectivity index (χ0n) is 26.1. The number of carbonyl (C=O) groups is 2. The minimum absolute atomic E-state index is 0.139. The molecule has 0 fully saturated rings. The SMILES string of the molecule is CCCCC/C=C\C/C=C\CCCCCCCCC(CCC(=O)OC(C)C)OC(=O)OCCCN(CC)CC. The number of rotatable bonds is 26. The summed E-state index contributed by atoms with van der Waals surface area (Å²) < 4.78 is 16.1. The van der Waals surface area contributed by atoms with Crippen molar-refractivity contribution in [3.63, 3.8) is 0 Å². The average molecular weight is 552 g/mol. The van der Waals surface area contributed by atoms with E-state index in [-0.39, 0.29) is 24.6 Å². The minimum Gasteiger partial charge on any atom is -0.463 e. The van der Waals surface area contributed by atoms with E-state index in [0.717, 1.165) is 58.2 Å². The maximum atomic E-state index is 12.2. The van der Waals surface area contributed by atoms with E-state index in [1.165, 1.54) is 51.4 Å². The third-order valence-corrected chi connectivity index (χ3v) is 6.76. The fraction of sp³-hybridized carbons (Fsp3) is 0.818. The zero-order chi connectivity index (χ0) is 29.0. The Balaban J connectivity index is 4.12. The molecular weight excluding hydrogens is 490 g/mol. The average Bonchev–Trinajstić information content (AvgIpc) is 2.91. The molecule has 228 valence electrons. The van der Waals surface area contributed by atoms with Crippen LogP contribution >= 0.6 is 0 Å². The number of esters is 1. The fourth-order valence-electron chi connectivity index (χ4n) is 4.38. The topological polar surface area (TPSA) is 65.1 Å². The highest BCUT2D eigenvalue weighted by atomic mass is 16.7. The molecule has 0 amide bonds. The number of hydrogen-bond acceptors (Lipinski definition) is 6. The van der Waals surface area contributed by atoms with Crippen molar-refractivity contribution in [1.82, 2.24) is 4.90 Å². The van der Waals surface area contributed by atoms with Crippen LogP contribution in [0.15, 0.2) is 24.3 Å². The molecule has 0 saturated heterocycles. The van der Waals surface area contributed by atoms with Gasteiger partial charge in [-0.2, -0.15) is 0 Å². The molecule has 0 bridgehead atoms. The van der Waals surface area contributed by atoms with Gasteiger partial charge in [0, 0.05) is 13.0 Å². The van der Waals surface area contributed by atoms with E-state index in [1.54, 1.807) is 0 Å². The van der Waals surface area contributed by atoms with Crippen LogP contribution in [0.1, 0.15) is 137 Å². The van der Waals surface area contributed by atoms with Gasteiger partial charge in [0.15, 0.2) is 0 Å². The fourth-order valence-corrected chi connectivity index (χ4v) is 4.38. The molecule has 0 aromatic rings. The summed E-state index contributed by atoms with van der Waals surface area (Å²) in [6, 6.07) is 0. The van der Waals surface area contributed by atoms with E-state index in [2.05, 4.69) is 50.0 Å². The maximum absolute atomic E-state index is 12.2. The number of hydrogen-bond donors (Lipinski definition) is 0. The third kappa shape index (κ3) is 26.2. The molecule has 6 nitrogen and oxygen atoms in total. The minimum atomic E-state index is -0.628. The summed E-state index contributed by atoms with van der Waals surface area (Å²) in [7, 11) is 0. The summed E-state index contributed by atoms with van der Waals surface area (Å²) >= 11 is 0. The van der Waals surface area contributed by atoms with Crippen LogP contribution in [0.4, 0.5) is 4.79 Å². The van der Waals surface area contributed by atoms with Crippen molar-refractivity contribution in [3.8, 4) is 0 Å². The molecule has 39 heavy (non-hydrogen) atoms. The van der Waals surface area contributed by atoms with Crippen LogP contribution in [0.2, 0.25) is 0 Å². The number of nitrogens with zero attached hydrogens (tertiary/aromatic N) is 1. The highest BCUT2D eigenvalue weighted by Crippen LogP contribution is 2.16. The normalized spacial score (nSPS) is 12.6. The standard InChI is InChI=1S/C33H61NO5/c1-6-9-10-11-12-13-14-15-16-17-18-19-20-21-22-23-25-31(26-27-32(35)38-30(4)5)39-33(36)37-29-24-28-34(7-2)8-3/h12-13,15-16,30-31H,6-11,14,17-29H2,1-5H3/b13-12-,16-15-. The summed E-state index contributed by atoms with van der Waals surface area (Å²) in [5, 5.41) is 0. The molecule has 0 N–H and O–H groups in total.